The number of likely N-dealkylation sites (tertiary alicyclic amines) is 1. The molecule has 0 bridgehead atoms. The summed E-state index contributed by atoms with van der Waals surface area (Å²) in [5, 5.41) is 10.9. The highest BCUT2D eigenvalue weighted by atomic mass is 16.1. The number of pyridine rings is 1. The van der Waals surface area contributed by atoms with Crippen molar-refractivity contribution in [2.75, 3.05) is 13.1 Å². The predicted octanol–water partition coefficient (Wildman–Crippen LogP) is 2.40. The molecule has 1 aliphatic heterocycles. The molecule has 3 heterocycles. The molecule has 0 unspecified atom stereocenters. The number of aromatic nitrogens is 3. The van der Waals surface area contributed by atoms with Crippen molar-refractivity contribution >= 4 is 5.91 Å². The Labute approximate surface area is 160 Å². The topological polar surface area (TPSA) is 73.9 Å². The molecule has 2 aliphatic rings. The Morgan fingerprint density at radius 2 is 2.19 bits per heavy atom. The quantitative estimate of drug-likeness (QED) is 0.822. The maximum atomic E-state index is 12.5. The van der Waals surface area contributed by atoms with Crippen molar-refractivity contribution in [2.45, 2.75) is 64.0 Å². The Kier molecular flexibility index (Phi) is 5.82. The van der Waals surface area contributed by atoms with Gasteiger partial charge in [-0.1, -0.05) is 6.07 Å². The van der Waals surface area contributed by atoms with Crippen LogP contribution in [-0.2, 0) is 30.6 Å². The summed E-state index contributed by atoms with van der Waals surface area (Å²) >= 11 is 0. The fourth-order valence-corrected chi connectivity index (χ4v) is 4.33. The van der Waals surface area contributed by atoms with Gasteiger partial charge in [-0.15, -0.1) is 0 Å². The molecule has 0 saturated carbocycles. The number of fused-ring (bicyclic) bond motifs is 1. The number of aromatic amines is 1. The van der Waals surface area contributed by atoms with Crippen molar-refractivity contribution < 1.29 is 4.79 Å². The number of piperidine rings is 1. The molecule has 0 aromatic carbocycles. The van der Waals surface area contributed by atoms with E-state index in [2.05, 4.69) is 31.5 Å². The Morgan fingerprint density at radius 1 is 1.26 bits per heavy atom. The average molecular weight is 367 g/mol. The smallest absolute Gasteiger partial charge is 0.220 e. The maximum absolute atomic E-state index is 12.5. The van der Waals surface area contributed by atoms with E-state index in [9.17, 15) is 4.79 Å². The van der Waals surface area contributed by atoms with Crippen LogP contribution in [-0.4, -0.2) is 45.1 Å². The maximum Gasteiger partial charge on any atom is 0.220 e. The summed E-state index contributed by atoms with van der Waals surface area (Å²) in [6.45, 7) is 2.83. The molecule has 0 radical (unpaired) electrons. The minimum Gasteiger partial charge on any atom is -0.352 e. The molecule has 0 spiro atoms. The van der Waals surface area contributed by atoms with E-state index >= 15 is 0 Å². The van der Waals surface area contributed by atoms with Crippen LogP contribution in [0.15, 0.2) is 24.4 Å². The third-order valence-corrected chi connectivity index (χ3v) is 5.71. The molecule has 1 fully saturated rings. The zero-order valence-electron chi connectivity index (χ0n) is 15.9. The second-order valence-corrected chi connectivity index (χ2v) is 7.80. The number of nitrogens with zero attached hydrogens (tertiary/aromatic N) is 3. The molecule has 6 nitrogen and oxygen atoms in total. The normalized spacial score (nSPS) is 20.2. The highest BCUT2D eigenvalue weighted by Gasteiger charge is 2.22. The van der Waals surface area contributed by atoms with Gasteiger partial charge in [-0.3, -0.25) is 19.8 Å². The predicted molar refractivity (Wildman–Crippen MR) is 104 cm³/mol. The van der Waals surface area contributed by atoms with Crippen molar-refractivity contribution in [1.29, 1.82) is 0 Å². The fourth-order valence-electron chi connectivity index (χ4n) is 4.33. The number of carbonyl (C=O) groups excluding carboxylic acids is 1. The van der Waals surface area contributed by atoms with Crippen LogP contribution >= 0.6 is 0 Å². The summed E-state index contributed by atoms with van der Waals surface area (Å²) < 4.78 is 0. The largest absolute Gasteiger partial charge is 0.352 e. The van der Waals surface area contributed by atoms with Crippen LogP contribution in [0.3, 0.4) is 0 Å². The van der Waals surface area contributed by atoms with Gasteiger partial charge in [0.2, 0.25) is 5.91 Å². The number of nitrogens with one attached hydrogen (secondary N) is 2. The molecule has 2 aromatic rings. The lowest BCUT2D eigenvalue weighted by atomic mass is 9.94. The number of H-pyrrole nitrogens is 1. The first-order chi connectivity index (χ1) is 13.3. The van der Waals surface area contributed by atoms with Gasteiger partial charge in [0.25, 0.3) is 0 Å². The van der Waals surface area contributed by atoms with Gasteiger partial charge in [0.1, 0.15) is 0 Å². The highest BCUT2D eigenvalue weighted by molar-refractivity contribution is 5.76. The van der Waals surface area contributed by atoms with E-state index in [-0.39, 0.29) is 11.9 Å². The summed E-state index contributed by atoms with van der Waals surface area (Å²) in [5.41, 5.74) is 4.84. The van der Waals surface area contributed by atoms with E-state index in [4.69, 9.17) is 0 Å². The second-order valence-electron chi connectivity index (χ2n) is 7.80. The van der Waals surface area contributed by atoms with Crippen molar-refractivity contribution in [1.82, 2.24) is 25.4 Å². The first-order valence-corrected chi connectivity index (χ1v) is 10.2. The Morgan fingerprint density at radius 3 is 3.07 bits per heavy atom. The monoisotopic (exact) mass is 367 g/mol. The molecular formula is C21H29N5O. The van der Waals surface area contributed by atoms with Crippen molar-refractivity contribution in [2.24, 2.45) is 0 Å². The van der Waals surface area contributed by atoms with Crippen LogP contribution in [0, 0.1) is 0 Å². The van der Waals surface area contributed by atoms with Gasteiger partial charge >= 0.3 is 0 Å². The molecule has 144 valence electrons. The van der Waals surface area contributed by atoms with Gasteiger partial charge in [0.05, 0.1) is 11.4 Å². The number of rotatable bonds is 6. The third kappa shape index (κ3) is 4.75. The average Bonchev–Trinajstić information content (AvgIpc) is 3.11. The van der Waals surface area contributed by atoms with Gasteiger partial charge in [-0.2, -0.15) is 5.10 Å². The molecule has 1 saturated heterocycles. The van der Waals surface area contributed by atoms with Crippen LogP contribution < -0.4 is 5.32 Å². The van der Waals surface area contributed by atoms with Gasteiger partial charge in [0, 0.05) is 43.9 Å². The minimum atomic E-state index is 0.146. The van der Waals surface area contributed by atoms with Gasteiger partial charge < -0.3 is 5.32 Å². The first-order valence-electron chi connectivity index (χ1n) is 10.2. The third-order valence-electron chi connectivity index (χ3n) is 5.71. The van der Waals surface area contributed by atoms with Gasteiger partial charge in [0.15, 0.2) is 0 Å². The standard InChI is InChI=1S/C21H29N5O/c27-21(11-10-20-18-8-1-2-9-19(18)24-25-20)23-17-7-5-13-26(15-17)14-16-6-3-4-12-22-16/h3-4,6,12,17H,1-2,5,7-11,13-15H2,(H,23,27)(H,24,25)/t17-/m0/s1. The van der Waals surface area contributed by atoms with E-state index in [0.717, 1.165) is 63.1 Å². The molecule has 1 atom stereocenters. The summed E-state index contributed by atoms with van der Waals surface area (Å²) in [4.78, 5) is 19.3. The van der Waals surface area contributed by atoms with Gasteiger partial charge in [-0.25, -0.2) is 0 Å². The molecule has 1 aliphatic carbocycles. The number of hydrogen-bond donors (Lipinski definition) is 2. The molecule has 6 heteroatoms. The molecular weight excluding hydrogens is 338 g/mol. The Balaban J connectivity index is 1.25. The lowest BCUT2D eigenvalue weighted by Crippen LogP contribution is -2.47. The zero-order valence-corrected chi connectivity index (χ0v) is 15.9. The summed E-state index contributed by atoms with van der Waals surface area (Å²) in [6.07, 6.45) is 9.96. The van der Waals surface area contributed by atoms with E-state index in [1.165, 1.54) is 24.1 Å². The van der Waals surface area contributed by atoms with Crippen LogP contribution in [0.5, 0.6) is 0 Å². The second kappa shape index (κ2) is 8.65. The van der Waals surface area contributed by atoms with Crippen LogP contribution in [0.1, 0.15) is 54.7 Å². The molecule has 4 rings (SSSR count). The Hall–Kier alpha value is -2.21. The van der Waals surface area contributed by atoms with Crippen LogP contribution in [0.25, 0.3) is 0 Å². The summed E-state index contributed by atoms with van der Waals surface area (Å²) in [6, 6.07) is 6.27. The Bertz CT molecular complexity index is 757. The van der Waals surface area contributed by atoms with Crippen molar-refractivity contribution in [3.05, 3.63) is 47.0 Å². The molecule has 27 heavy (non-hydrogen) atoms. The lowest BCUT2D eigenvalue weighted by molar-refractivity contribution is -0.122. The molecule has 2 aromatic heterocycles. The molecule has 1 amide bonds. The SMILES string of the molecule is O=C(CCc1n[nH]c2c1CCCC2)N[C@H]1CCCN(Cc2ccccn2)C1. The summed E-state index contributed by atoms with van der Waals surface area (Å²) in [7, 11) is 0. The number of carbonyl (C=O) groups is 1. The van der Waals surface area contributed by atoms with E-state index in [1.807, 2.05) is 18.3 Å². The lowest BCUT2D eigenvalue weighted by Gasteiger charge is -2.32. The summed E-state index contributed by atoms with van der Waals surface area (Å²) in [5.74, 6) is 0.146. The number of amides is 1. The van der Waals surface area contributed by atoms with Crippen molar-refractivity contribution in [3.63, 3.8) is 0 Å². The minimum absolute atomic E-state index is 0.146. The van der Waals surface area contributed by atoms with Gasteiger partial charge in [-0.05, 0) is 62.8 Å². The van der Waals surface area contributed by atoms with E-state index in [1.54, 1.807) is 0 Å². The van der Waals surface area contributed by atoms with Crippen molar-refractivity contribution in [3.8, 4) is 0 Å². The van der Waals surface area contributed by atoms with E-state index in [0.29, 0.717) is 6.42 Å². The number of aryl methyl sites for hydroxylation is 2. The van der Waals surface area contributed by atoms with Crippen LogP contribution in [0.2, 0.25) is 0 Å². The van der Waals surface area contributed by atoms with Crippen LogP contribution in [0.4, 0.5) is 0 Å². The number of hydrogen-bond acceptors (Lipinski definition) is 4. The fraction of sp³-hybridized carbons (Fsp3) is 0.571. The zero-order chi connectivity index (χ0) is 18.5. The first kappa shape index (κ1) is 18.2. The van der Waals surface area contributed by atoms with E-state index < -0.39 is 0 Å². The highest BCUT2D eigenvalue weighted by Crippen LogP contribution is 2.23. The molecule has 2 N–H and O–H groups in total.